The predicted molar refractivity (Wildman–Crippen MR) is 61.6 cm³/mol. The zero-order valence-electron chi connectivity index (χ0n) is 9.20. The molecule has 2 rings (SSSR count). The number of hydrogen-bond donors (Lipinski definition) is 1. The average Bonchev–Trinajstić information content (AvgIpc) is 2.50. The molecule has 0 saturated heterocycles. The number of fused-ring (bicyclic) bond motifs is 1. The molecule has 0 aliphatic heterocycles. The SMILES string of the molecule is CCCCn1c(C)nc2cc(N)cnc21. The lowest BCUT2D eigenvalue weighted by molar-refractivity contribution is 0.627. The van der Waals surface area contributed by atoms with Crippen LogP contribution in [-0.4, -0.2) is 14.5 Å². The van der Waals surface area contributed by atoms with E-state index in [4.69, 9.17) is 5.73 Å². The Kier molecular flexibility index (Phi) is 2.58. The van der Waals surface area contributed by atoms with Gasteiger partial charge in [0, 0.05) is 6.54 Å². The Labute approximate surface area is 89.1 Å². The number of pyridine rings is 1. The van der Waals surface area contributed by atoms with Crippen LogP contribution in [0.25, 0.3) is 11.2 Å². The molecule has 0 radical (unpaired) electrons. The van der Waals surface area contributed by atoms with Crippen molar-refractivity contribution in [2.75, 3.05) is 5.73 Å². The van der Waals surface area contributed by atoms with Crippen molar-refractivity contribution >= 4 is 16.9 Å². The highest BCUT2D eigenvalue weighted by atomic mass is 15.1. The molecule has 0 aliphatic carbocycles. The molecule has 2 heterocycles. The number of anilines is 1. The van der Waals surface area contributed by atoms with Crippen molar-refractivity contribution in [1.82, 2.24) is 14.5 Å². The van der Waals surface area contributed by atoms with Crippen molar-refractivity contribution in [1.29, 1.82) is 0 Å². The quantitative estimate of drug-likeness (QED) is 0.833. The zero-order valence-corrected chi connectivity index (χ0v) is 9.20. The maximum Gasteiger partial charge on any atom is 0.160 e. The van der Waals surface area contributed by atoms with Crippen LogP contribution in [0.15, 0.2) is 12.3 Å². The van der Waals surface area contributed by atoms with E-state index in [-0.39, 0.29) is 0 Å². The molecule has 0 aliphatic rings. The Hall–Kier alpha value is -1.58. The van der Waals surface area contributed by atoms with Gasteiger partial charge in [-0.1, -0.05) is 13.3 Å². The lowest BCUT2D eigenvalue weighted by Gasteiger charge is -2.04. The molecule has 4 nitrogen and oxygen atoms in total. The van der Waals surface area contributed by atoms with Crippen LogP contribution in [0.5, 0.6) is 0 Å². The van der Waals surface area contributed by atoms with Gasteiger partial charge in [-0.05, 0) is 19.4 Å². The number of aromatic nitrogens is 3. The zero-order chi connectivity index (χ0) is 10.8. The predicted octanol–water partition coefficient (Wildman–Crippen LogP) is 2.12. The monoisotopic (exact) mass is 204 g/mol. The molecule has 0 aromatic carbocycles. The van der Waals surface area contributed by atoms with Crippen LogP contribution in [0.1, 0.15) is 25.6 Å². The van der Waals surface area contributed by atoms with Crippen molar-refractivity contribution in [2.45, 2.75) is 33.2 Å². The Morgan fingerprint density at radius 3 is 3.00 bits per heavy atom. The minimum atomic E-state index is 0.669. The molecule has 80 valence electrons. The van der Waals surface area contributed by atoms with Crippen molar-refractivity contribution < 1.29 is 0 Å². The number of hydrogen-bond acceptors (Lipinski definition) is 3. The molecule has 0 atom stereocenters. The lowest BCUT2D eigenvalue weighted by Crippen LogP contribution is -2.01. The van der Waals surface area contributed by atoms with Crippen LogP contribution < -0.4 is 5.73 Å². The minimum Gasteiger partial charge on any atom is -0.397 e. The molecule has 0 unspecified atom stereocenters. The van der Waals surface area contributed by atoms with Gasteiger partial charge in [0.15, 0.2) is 5.65 Å². The van der Waals surface area contributed by atoms with Gasteiger partial charge in [-0.2, -0.15) is 0 Å². The van der Waals surface area contributed by atoms with Crippen LogP contribution in [0.4, 0.5) is 5.69 Å². The summed E-state index contributed by atoms with van der Waals surface area (Å²) in [6.07, 6.45) is 4.01. The molecular weight excluding hydrogens is 188 g/mol. The van der Waals surface area contributed by atoms with Crippen LogP contribution >= 0.6 is 0 Å². The number of aryl methyl sites for hydroxylation is 2. The molecule has 15 heavy (non-hydrogen) atoms. The maximum absolute atomic E-state index is 5.67. The summed E-state index contributed by atoms with van der Waals surface area (Å²) in [5, 5.41) is 0. The number of nitrogens with two attached hydrogens (primary N) is 1. The summed E-state index contributed by atoms with van der Waals surface area (Å²) < 4.78 is 2.15. The molecule has 0 fully saturated rings. The highest BCUT2D eigenvalue weighted by molar-refractivity contribution is 5.74. The van der Waals surface area contributed by atoms with Crippen molar-refractivity contribution in [3.05, 3.63) is 18.1 Å². The Bertz CT molecular complexity index is 473. The van der Waals surface area contributed by atoms with Gasteiger partial charge in [-0.25, -0.2) is 9.97 Å². The summed E-state index contributed by atoms with van der Waals surface area (Å²) in [5.74, 6) is 1.01. The first-order chi connectivity index (χ1) is 7.22. The van der Waals surface area contributed by atoms with Gasteiger partial charge in [0.2, 0.25) is 0 Å². The number of imidazole rings is 1. The third-order valence-corrected chi connectivity index (χ3v) is 2.53. The third kappa shape index (κ3) is 1.79. The average molecular weight is 204 g/mol. The summed E-state index contributed by atoms with van der Waals surface area (Å²) in [6.45, 7) is 5.17. The number of unbranched alkanes of at least 4 members (excludes halogenated alkanes) is 1. The van der Waals surface area contributed by atoms with Gasteiger partial charge < -0.3 is 10.3 Å². The molecule has 0 spiro atoms. The number of nitrogen functional groups attached to an aromatic ring is 1. The Balaban J connectivity index is 2.48. The lowest BCUT2D eigenvalue weighted by atomic mass is 10.3. The van der Waals surface area contributed by atoms with E-state index in [2.05, 4.69) is 21.5 Å². The second kappa shape index (κ2) is 3.88. The van der Waals surface area contributed by atoms with E-state index >= 15 is 0 Å². The first-order valence-corrected chi connectivity index (χ1v) is 5.30. The molecule has 4 heteroatoms. The molecule has 2 aromatic heterocycles. The van der Waals surface area contributed by atoms with Gasteiger partial charge in [0.05, 0.1) is 11.9 Å². The number of rotatable bonds is 3. The fraction of sp³-hybridized carbons (Fsp3) is 0.455. The van der Waals surface area contributed by atoms with Gasteiger partial charge in [0.1, 0.15) is 11.3 Å². The largest absolute Gasteiger partial charge is 0.397 e. The molecular formula is C11H16N4. The summed E-state index contributed by atoms with van der Waals surface area (Å²) >= 11 is 0. The summed E-state index contributed by atoms with van der Waals surface area (Å²) in [4.78, 5) is 8.78. The van der Waals surface area contributed by atoms with Gasteiger partial charge in [-0.3, -0.25) is 0 Å². The topological polar surface area (TPSA) is 56.7 Å². The van der Waals surface area contributed by atoms with Gasteiger partial charge >= 0.3 is 0 Å². The van der Waals surface area contributed by atoms with Crippen LogP contribution in [-0.2, 0) is 6.54 Å². The molecule has 0 amide bonds. The van der Waals surface area contributed by atoms with Crippen molar-refractivity contribution in [3.63, 3.8) is 0 Å². The molecule has 2 N–H and O–H groups in total. The standard InChI is InChI=1S/C11H16N4/c1-3-4-5-15-8(2)14-10-6-9(12)7-13-11(10)15/h6-7H,3-5,12H2,1-2H3. The maximum atomic E-state index is 5.67. The van der Waals surface area contributed by atoms with Crippen molar-refractivity contribution in [2.24, 2.45) is 0 Å². The summed E-state index contributed by atoms with van der Waals surface area (Å²) in [5.41, 5.74) is 8.17. The summed E-state index contributed by atoms with van der Waals surface area (Å²) in [6, 6.07) is 1.87. The molecule has 2 aromatic rings. The molecule has 0 saturated carbocycles. The van der Waals surface area contributed by atoms with Crippen molar-refractivity contribution in [3.8, 4) is 0 Å². The Morgan fingerprint density at radius 1 is 1.47 bits per heavy atom. The van der Waals surface area contributed by atoms with Crippen LogP contribution in [0.2, 0.25) is 0 Å². The van der Waals surface area contributed by atoms with E-state index in [0.29, 0.717) is 5.69 Å². The van der Waals surface area contributed by atoms with Crippen LogP contribution in [0, 0.1) is 6.92 Å². The second-order valence-electron chi connectivity index (χ2n) is 3.78. The number of nitrogens with zero attached hydrogens (tertiary/aromatic N) is 3. The Morgan fingerprint density at radius 2 is 2.27 bits per heavy atom. The first kappa shape index (κ1) is 9.96. The fourth-order valence-corrected chi connectivity index (χ4v) is 1.72. The molecule has 0 bridgehead atoms. The first-order valence-electron chi connectivity index (χ1n) is 5.30. The summed E-state index contributed by atoms with van der Waals surface area (Å²) in [7, 11) is 0. The normalized spacial score (nSPS) is 11.1. The van der Waals surface area contributed by atoms with E-state index in [9.17, 15) is 0 Å². The smallest absolute Gasteiger partial charge is 0.160 e. The van der Waals surface area contributed by atoms with E-state index < -0.39 is 0 Å². The van der Waals surface area contributed by atoms with Gasteiger partial charge in [0.25, 0.3) is 0 Å². The van der Waals surface area contributed by atoms with Gasteiger partial charge in [-0.15, -0.1) is 0 Å². The third-order valence-electron chi connectivity index (χ3n) is 2.53. The van der Waals surface area contributed by atoms with E-state index in [1.54, 1.807) is 6.20 Å². The van der Waals surface area contributed by atoms with E-state index in [1.807, 2.05) is 13.0 Å². The fourth-order valence-electron chi connectivity index (χ4n) is 1.72. The second-order valence-corrected chi connectivity index (χ2v) is 3.78. The minimum absolute atomic E-state index is 0.669. The highest BCUT2D eigenvalue weighted by Gasteiger charge is 2.07. The van der Waals surface area contributed by atoms with E-state index in [1.165, 1.54) is 6.42 Å². The van der Waals surface area contributed by atoms with E-state index in [0.717, 1.165) is 30.0 Å². The highest BCUT2D eigenvalue weighted by Crippen LogP contribution is 2.16. The van der Waals surface area contributed by atoms with Crippen LogP contribution in [0.3, 0.4) is 0 Å².